The third-order valence-electron chi connectivity index (χ3n) is 3.39. The van der Waals surface area contributed by atoms with Gasteiger partial charge in [0.1, 0.15) is 12.1 Å². The standard InChI is InChI=1S/C13H20N4O2/c1-7(2)11-12(18)14-9(4)13(19)17(11)10-6-16(5)15-8(10)3/h6-7,9,11H,1-5H3,(H,14,18). The van der Waals surface area contributed by atoms with Crippen molar-refractivity contribution in [1.82, 2.24) is 15.1 Å². The van der Waals surface area contributed by atoms with E-state index >= 15 is 0 Å². The summed E-state index contributed by atoms with van der Waals surface area (Å²) in [5, 5.41) is 6.98. The molecule has 6 heteroatoms. The van der Waals surface area contributed by atoms with Crippen molar-refractivity contribution in [2.45, 2.75) is 39.8 Å². The van der Waals surface area contributed by atoms with Crippen molar-refractivity contribution in [2.24, 2.45) is 13.0 Å². The van der Waals surface area contributed by atoms with E-state index in [0.29, 0.717) is 5.69 Å². The molecule has 6 nitrogen and oxygen atoms in total. The van der Waals surface area contributed by atoms with Crippen molar-refractivity contribution < 1.29 is 9.59 Å². The highest BCUT2D eigenvalue weighted by molar-refractivity contribution is 6.08. The quantitative estimate of drug-likeness (QED) is 0.850. The molecular formula is C13H20N4O2. The minimum atomic E-state index is -0.498. The Kier molecular flexibility index (Phi) is 3.34. The number of piperazine rings is 1. The highest BCUT2D eigenvalue weighted by atomic mass is 16.2. The van der Waals surface area contributed by atoms with E-state index < -0.39 is 12.1 Å². The molecule has 2 atom stereocenters. The molecule has 1 aliphatic heterocycles. The van der Waals surface area contributed by atoms with E-state index in [1.165, 1.54) is 0 Å². The van der Waals surface area contributed by atoms with Crippen LogP contribution in [0.25, 0.3) is 0 Å². The zero-order valence-electron chi connectivity index (χ0n) is 12.0. The molecule has 0 aromatic carbocycles. The predicted octanol–water partition coefficient (Wildman–Crippen LogP) is 0.604. The number of carbonyl (C=O) groups excluding carboxylic acids is 2. The number of nitrogens with zero attached hydrogens (tertiary/aromatic N) is 3. The smallest absolute Gasteiger partial charge is 0.250 e. The maximum Gasteiger partial charge on any atom is 0.250 e. The van der Waals surface area contributed by atoms with Crippen molar-refractivity contribution >= 4 is 17.5 Å². The first-order valence-corrected chi connectivity index (χ1v) is 6.46. The van der Waals surface area contributed by atoms with Crippen molar-refractivity contribution in [1.29, 1.82) is 0 Å². The minimum absolute atomic E-state index is 0.0380. The fourth-order valence-corrected chi connectivity index (χ4v) is 2.52. The summed E-state index contributed by atoms with van der Waals surface area (Å²) in [6.07, 6.45) is 1.79. The molecular weight excluding hydrogens is 244 g/mol. The van der Waals surface area contributed by atoms with Crippen molar-refractivity contribution in [3.05, 3.63) is 11.9 Å². The third-order valence-corrected chi connectivity index (χ3v) is 3.39. The highest BCUT2D eigenvalue weighted by Gasteiger charge is 2.42. The normalized spacial score (nSPS) is 24.0. The van der Waals surface area contributed by atoms with Gasteiger partial charge in [0.25, 0.3) is 0 Å². The zero-order valence-corrected chi connectivity index (χ0v) is 12.0. The average Bonchev–Trinajstić information content (AvgIpc) is 2.61. The largest absolute Gasteiger partial charge is 0.343 e. The Hall–Kier alpha value is -1.85. The molecule has 1 fully saturated rings. The fourth-order valence-electron chi connectivity index (χ4n) is 2.52. The van der Waals surface area contributed by atoms with Gasteiger partial charge in [0, 0.05) is 13.2 Å². The van der Waals surface area contributed by atoms with Gasteiger partial charge in [-0.3, -0.25) is 19.2 Å². The van der Waals surface area contributed by atoms with Crippen LogP contribution in [-0.4, -0.2) is 33.7 Å². The highest BCUT2D eigenvalue weighted by Crippen LogP contribution is 2.27. The van der Waals surface area contributed by atoms with Gasteiger partial charge in [0.05, 0.1) is 11.4 Å². The van der Waals surface area contributed by atoms with Crippen LogP contribution in [0.3, 0.4) is 0 Å². The molecule has 2 unspecified atom stereocenters. The first-order valence-electron chi connectivity index (χ1n) is 6.46. The van der Waals surface area contributed by atoms with E-state index in [4.69, 9.17) is 0 Å². The number of aryl methyl sites for hydroxylation is 2. The average molecular weight is 264 g/mol. The molecule has 1 aromatic heterocycles. The van der Waals surface area contributed by atoms with E-state index in [0.717, 1.165) is 5.69 Å². The van der Waals surface area contributed by atoms with Gasteiger partial charge < -0.3 is 5.32 Å². The van der Waals surface area contributed by atoms with Crippen molar-refractivity contribution in [3.8, 4) is 0 Å². The molecule has 2 heterocycles. The lowest BCUT2D eigenvalue weighted by Crippen LogP contribution is -2.64. The van der Waals surface area contributed by atoms with Crippen molar-refractivity contribution in [2.75, 3.05) is 4.90 Å². The Bertz CT molecular complexity index is 521. The Morgan fingerprint density at radius 1 is 1.37 bits per heavy atom. The first-order chi connectivity index (χ1) is 8.82. The van der Waals surface area contributed by atoms with Crippen LogP contribution in [0.2, 0.25) is 0 Å². The molecule has 2 rings (SSSR count). The van der Waals surface area contributed by atoms with Crippen molar-refractivity contribution in [3.63, 3.8) is 0 Å². The number of rotatable bonds is 2. The van der Waals surface area contributed by atoms with Crippen LogP contribution < -0.4 is 10.2 Å². The van der Waals surface area contributed by atoms with Crippen LogP contribution in [0.5, 0.6) is 0 Å². The Balaban J connectivity index is 2.50. The summed E-state index contributed by atoms with van der Waals surface area (Å²) >= 11 is 0. The summed E-state index contributed by atoms with van der Waals surface area (Å²) in [5.41, 5.74) is 1.47. The number of carbonyl (C=O) groups is 2. The SMILES string of the molecule is Cc1nn(C)cc1N1C(=O)C(C)NC(=O)C1C(C)C. The summed E-state index contributed by atoms with van der Waals surface area (Å²) in [5.74, 6) is -0.157. The predicted molar refractivity (Wildman–Crippen MR) is 71.7 cm³/mol. The van der Waals surface area contributed by atoms with E-state index in [1.807, 2.05) is 20.8 Å². The molecule has 2 amide bonds. The lowest BCUT2D eigenvalue weighted by atomic mass is 9.96. The van der Waals surface area contributed by atoms with E-state index in [1.54, 1.807) is 29.7 Å². The third kappa shape index (κ3) is 2.22. The number of hydrogen-bond donors (Lipinski definition) is 1. The van der Waals surface area contributed by atoms with Gasteiger partial charge in [-0.1, -0.05) is 13.8 Å². The van der Waals surface area contributed by atoms with Gasteiger partial charge in [-0.25, -0.2) is 0 Å². The summed E-state index contributed by atoms with van der Waals surface area (Å²) in [7, 11) is 1.80. The monoisotopic (exact) mass is 264 g/mol. The number of nitrogens with one attached hydrogen (secondary N) is 1. The molecule has 0 radical (unpaired) electrons. The van der Waals surface area contributed by atoms with Crippen LogP contribution in [0.1, 0.15) is 26.5 Å². The number of hydrogen-bond acceptors (Lipinski definition) is 3. The summed E-state index contributed by atoms with van der Waals surface area (Å²) in [6.45, 7) is 7.42. The van der Waals surface area contributed by atoms with E-state index in [-0.39, 0.29) is 17.7 Å². The van der Waals surface area contributed by atoms with Crippen LogP contribution in [0, 0.1) is 12.8 Å². The number of amides is 2. The topological polar surface area (TPSA) is 67.2 Å². The molecule has 104 valence electrons. The van der Waals surface area contributed by atoms with Gasteiger partial charge in [-0.05, 0) is 19.8 Å². The molecule has 1 saturated heterocycles. The lowest BCUT2D eigenvalue weighted by molar-refractivity contribution is -0.134. The first kappa shape index (κ1) is 13.6. The maximum absolute atomic E-state index is 12.4. The second-order valence-electron chi connectivity index (χ2n) is 5.40. The van der Waals surface area contributed by atoms with E-state index in [9.17, 15) is 9.59 Å². The molecule has 0 spiro atoms. The van der Waals surface area contributed by atoms with Gasteiger partial charge in [0.15, 0.2) is 0 Å². The van der Waals surface area contributed by atoms with Crippen LogP contribution in [0.4, 0.5) is 5.69 Å². The minimum Gasteiger partial charge on any atom is -0.343 e. The molecule has 0 aliphatic carbocycles. The van der Waals surface area contributed by atoms with Gasteiger partial charge in [-0.2, -0.15) is 5.10 Å². The second kappa shape index (κ2) is 4.68. The zero-order chi connectivity index (χ0) is 14.3. The van der Waals surface area contributed by atoms with E-state index in [2.05, 4.69) is 10.4 Å². The molecule has 1 N–H and O–H groups in total. The molecule has 1 aliphatic rings. The molecule has 0 bridgehead atoms. The lowest BCUT2D eigenvalue weighted by Gasteiger charge is -2.39. The number of aromatic nitrogens is 2. The fraction of sp³-hybridized carbons (Fsp3) is 0.615. The Labute approximate surface area is 112 Å². The molecule has 1 aromatic rings. The Morgan fingerprint density at radius 3 is 2.47 bits per heavy atom. The summed E-state index contributed by atoms with van der Waals surface area (Å²) in [4.78, 5) is 26.2. The van der Waals surface area contributed by atoms with Gasteiger partial charge in [0.2, 0.25) is 11.8 Å². The van der Waals surface area contributed by atoms with Crippen LogP contribution in [0.15, 0.2) is 6.20 Å². The second-order valence-corrected chi connectivity index (χ2v) is 5.40. The summed E-state index contributed by atoms with van der Waals surface area (Å²) < 4.78 is 1.66. The maximum atomic E-state index is 12.4. The van der Waals surface area contributed by atoms with Gasteiger partial charge in [-0.15, -0.1) is 0 Å². The van der Waals surface area contributed by atoms with Crippen LogP contribution in [-0.2, 0) is 16.6 Å². The number of anilines is 1. The molecule has 19 heavy (non-hydrogen) atoms. The molecule has 0 saturated carbocycles. The summed E-state index contributed by atoms with van der Waals surface area (Å²) in [6, 6.07) is -0.978. The van der Waals surface area contributed by atoms with Gasteiger partial charge >= 0.3 is 0 Å². The van der Waals surface area contributed by atoms with Crippen LogP contribution >= 0.6 is 0 Å². The Morgan fingerprint density at radius 2 is 2.00 bits per heavy atom.